The third-order valence-electron chi connectivity index (χ3n) is 1.54. The molecule has 0 saturated carbocycles. The second-order valence-corrected chi connectivity index (χ2v) is 3.52. The molecule has 0 atom stereocenters. The third kappa shape index (κ3) is 1.88. The lowest BCUT2D eigenvalue weighted by molar-refractivity contribution is 0.335. The molecule has 1 rings (SSSR count). The van der Waals surface area contributed by atoms with Gasteiger partial charge in [0.1, 0.15) is 11.6 Å². The van der Waals surface area contributed by atoms with Gasteiger partial charge in [0.05, 0.1) is 10.2 Å². The number of ether oxygens (including phenoxy) is 1. The number of aryl methyl sites for hydroxylation is 1. The zero-order valence-corrected chi connectivity index (χ0v) is 9.18. The molecule has 0 amide bonds. The molecule has 0 aliphatic heterocycles. The summed E-state index contributed by atoms with van der Waals surface area (Å²) >= 11 is 1.95. The molecular formula is C9H10FIO. The van der Waals surface area contributed by atoms with Crippen molar-refractivity contribution < 1.29 is 9.13 Å². The maximum absolute atomic E-state index is 13.2. The highest BCUT2D eigenvalue weighted by molar-refractivity contribution is 14.1. The minimum absolute atomic E-state index is 0.179. The summed E-state index contributed by atoms with van der Waals surface area (Å²) in [6.07, 6.45) is 0. The van der Waals surface area contributed by atoms with Gasteiger partial charge in [0, 0.05) is 0 Å². The van der Waals surface area contributed by atoms with Gasteiger partial charge in [0.25, 0.3) is 0 Å². The Bertz CT molecular complexity index is 286. The average Bonchev–Trinajstić information content (AvgIpc) is 2.07. The van der Waals surface area contributed by atoms with E-state index in [4.69, 9.17) is 4.74 Å². The SMILES string of the molecule is CCOc1ccc(C)c(F)c1I. The first kappa shape index (κ1) is 9.77. The van der Waals surface area contributed by atoms with Gasteiger partial charge in [0.2, 0.25) is 0 Å². The fraction of sp³-hybridized carbons (Fsp3) is 0.333. The molecule has 1 aromatic carbocycles. The normalized spacial score (nSPS) is 10.0. The number of benzene rings is 1. The molecule has 0 aliphatic carbocycles. The minimum atomic E-state index is -0.179. The third-order valence-corrected chi connectivity index (χ3v) is 2.54. The van der Waals surface area contributed by atoms with Gasteiger partial charge < -0.3 is 4.74 Å². The van der Waals surface area contributed by atoms with Crippen LogP contribution in [0.3, 0.4) is 0 Å². The topological polar surface area (TPSA) is 9.23 Å². The summed E-state index contributed by atoms with van der Waals surface area (Å²) in [6, 6.07) is 3.52. The summed E-state index contributed by atoms with van der Waals surface area (Å²) in [5.41, 5.74) is 0.655. The van der Waals surface area contributed by atoms with Crippen molar-refractivity contribution in [1.82, 2.24) is 0 Å². The molecule has 3 heteroatoms. The highest BCUT2D eigenvalue weighted by Gasteiger charge is 2.08. The molecule has 0 spiro atoms. The van der Waals surface area contributed by atoms with Gasteiger partial charge in [-0.25, -0.2) is 4.39 Å². The average molecular weight is 280 g/mol. The van der Waals surface area contributed by atoms with Gasteiger partial charge in [-0.15, -0.1) is 0 Å². The first-order chi connectivity index (χ1) is 5.66. The van der Waals surface area contributed by atoms with Crippen LogP contribution in [0.2, 0.25) is 0 Å². The van der Waals surface area contributed by atoms with E-state index in [-0.39, 0.29) is 5.82 Å². The Morgan fingerprint density at radius 3 is 2.75 bits per heavy atom. The second kappa shape index (κ2) is 4.07. The van der Waals surface area contributed by atoms with Crippen LogP contribution in [-0.2, 0) is 0 Å². The Hall–Kier alpha value is -0.320. The number of halogens is 2. The van der Waals surface area contributed by atoms with Crippen molar-refractivity contribution in [2.45, 2.75) is 13.8 Å². The van der Waals surface area contributed by atoms with Crippen LogP contribution in [0.15, 0.2) is 12.1 Å². The van der Waals surface area contributed by atoms with Gasteiger partial charge in [-0.2, -0.15) is 0 Å². The lowest BCUT2D eigenvalue weighted by atomic mass is 10.2. The molecule has 0 aliphatic rings. The van der Waals surface area contributed by atoms with Crippen LogP contribution in [-0.4, -0.2) is 6.61 Å². The van der Waals surface area contributed by atoms with Crippen molar-refractivity contribution in [2.24, 2.45) is 0 Å². The molecule has 66 valence electrons. The summed E-state index contributed by atoms with van der Waals surface area (Å²) in [5, 5.41) is 0. The van der Waals surface area contributed by atoms with E-state index in [9.17, 15) is 4.39 Å². The molecule has 0 fully saturated rings. The molecule has 12 heavy (non-hydrogen) atoms. The molecule has 0 radical (unpaired) electrons. The molecule has 0 aromatic heterocycles. The second-order valence-electron chi connectivity index (χ2n) is 2.44. The molecule has 1 nitrogen and oxygen atoms in total. The molecule has 1 aromatic rings. The van der Waals surface area contributed by atoms with E-state index < -0.39 is 0 Å². The summed E-state index contributed by atoms with van der Waals surface area (Å²) in [7, 11) is 0. The Morgan fingerprint density at radius 2 is 2.17 bits per heavy atom. The van der Waals surface area contributed by atoms with E-state index in [1.807, 2.05) is 29.5 Å². The predicted octanol–water partition coefficient (Wildman–Crippen LogP) is 3.14. The number of hydrogen-bond acceptors (Lipinski definition) is 1. The standard InChI is InChI=1S/C9H10FIO/c1-3-12-7-5-4-6(2)8(10)9(7)11/h4-5H,3H2,1-2H3. The highest BCUT2D eigenvalue weighted by Crippen LogP contribution is 2.25. The van der Waals surface area contributed by atoms with Crippen LogP contribution in [0.4, 0.5) is 4.39 Å². The summed E-state index contributed by atoms with van der Waals surface area (Å²) in [6.45, 7) is 4.19. The van der Waals surface area contributed by atoms with Crippen molar-refractivity contribution in [3.05, 3.63) is 27.1 Å². The van der Waals surface area contributed by atoms with Crippen LogP contribution in [0, 0.1) is 16.3 Å². The Morgan fingerprint density at radius 1 is 1.50 bits per heavy atom. The minimum Gasteiger partial charge on any atom is -0.493 e. The van der Waals surface area contributed by atoms with Gasteiger partial charge in [0.15, 0.2) is 0 Å². The quantitative estimate of drug-likeness (QED) is 0.756. The molecule has 0 N–H and O–H groups in total. The summed E-state index contributed by atoms with van der Waals surface area (Å²) < 4.78 is 19.0. The van der Waals surface area contributed by atoms with Gasteiger partial charge in [-0.1, -0.05) is 6.07 Å². The Labute approximate surface area is 85.1 Å². The fourth-order valence-corrected chi connectivity index (χ4v) is 1.66. The van der Waals surface area contributed by atoms with E-state index in [0.717, 1.165) is 0 Å². The number of rotatable bonds is 2. The van der Waals surface area contributed by atoms with Crippen LogP contribution in [0.25, 0.3) is 0 Å². The monoisotopic (exact) mass is 280 g/mol. The first-order valence-corrected chi connectivity index (χ1v) is 4.82. The van der Waals surface area contributed by atoms with Gasteiger partial charge in [-0.05, 0) is 48.1 Å². The highest BCUT2D eigenvalue weighted by atomic mass is 127. The van der Waals surface area contributed by atoms with Gasteiger partial charge in [-0.3, -0.25) is 0 Å². The smallest absolute Gasteiger partial charge is 0.143 e. The maximum Gasteiger partial charge on any atom is 0.143 e. The van der Waals surface area contributed by atoms with Gasteiger partial charge >= 0.3 is 0 Å². The summed E-state index contributed by atoms with van der Waals surface area (Å²) in [5.74, 6) is 0.447. The van der Waals surface area contributed by atoms with Crippen LogP contribution in [0.5, 0.6) is 5.75 Å². The fourth-order valence-electron chi connectivity index (χ4n) is 0.895. The molecule has 0 unspecified atom stereocenters. The predicted molar refractivity (Wildman–Crippen MR) is 55.0 cm³/mol. The first-order valence-electron chi connectivity index (χ1n) is 3.74. The van der Waals surface area contributed by atoms with Crippen LogP contribution < -0.4 is 4.74 Å². The zero-order valence-electron chi connectivity index (χ0n) is 7.03. The van der Waals surface area contributed by atoms with Crippen molar-refractivity contribution in [2.75, 3.05) is 6.61 Å². The summed E-state index contributed by atoms with van der Waals surface area (Å²) in [4.78, 5) is 0. The van der Waals surface area contributed by atoms with Crippen molar-refractivity contribution in [1.29, 1.82) is 0 Å². The van der Waals surface area contributed by atoms with Crippen LogP contribution in [0.1, 0.15) is 12.5 Å². The van der Waals surface area contributed by atoms with Crippen molar-refractivity contribution >= 4 is 22.6 Å². The molecule has 0 saturated heterocycles. The van der Waals surface area contributed by atoms with E-state index in [1.165, 1.54) is 0 Å². The van der Waals surface area contributed by atoms with E-state index in [0.29, 0.717) is 21.5 Å². The van der Waals surface area contributed by atoms with E-state index in [2.05, 4.69) is 0 Å². The molecular weight excluding hydrogens is 270 g/mol. The van der Waals surface area contributed by atoms with E-state index in [1.54, 1.807) is 19.1 Å². The molecule has 0 heterocycles. The maximum atomic E-state index is 13.2. The number of hydrogen-bond donors (Lipinski definition) is 0. The van der Waals surface area contributed by atoms with Crippen LogP contribution >= 0.6 is 22.6 Å². The lowest BCUT2D eigenvalue weighted by Crippen LogP contribution is -1.97. The Kier molecular flexibility index (Phi) is 3.31. The lowest BCUT2D eigenvalue weighted by Gasteiger charge is -2.07. The Balaban J connectivity index is 3.08. The zero-order chi connectivity index (χ0) is 9.14. The van der Waals surface area contributed by atoms with Crippen molar-refractivity contribution in [3.8, 4) is 5.75 Å². The van der Waals surface area contributed by atoms with E-state index >= 15 is 0 Å². The molecule has 0 bridgehead atoms. The largest absolute Gasteiger partial charge is 0.493 e. The van der Waals surface area contributed by atoms with Crippen molar-refractivity contribution in [3.63, 3.8) is 0 Å².